The third-order valence-corrected chi connectivity index (χ3v) is 2.84. The smallest absolute Gasteiger partial charge is 0.169 e. The van der Waals surface area contributed by atoms with Crippen molar-refractivity contribution in [3.05, 3.63) is 65.5 Å². The second-order valence-electron chi connectivity index (χ2n) is 3.88. The van der Waals surface area contributed by atoms with Gasteiger partial charge >= 0.3 is 0 Å². The number of nitrogens with zero attached hydrogens (tertiary/aromatic N) is 1. The topological polar surface area (TPSA) is 24.4 Å². The number of rotatable bonds is 1. The number of fused-ring (bicyclic) bond motifs is 1. The Kier molecular flexibility index (Phi) is 2.37. The third-order valence-electron chi connectivity index (χ3n) is 2.84. The summed E-state index contributed by atoms with van der Waals surface area (Å²) in [6.07, 6.45) is 2.73. The van der Waals surface area contributed by atoms with Crippen molar-refractivity contribution in [2.45, 2.75) is 6.04 Å². The van der Waals surface area contributed by atoms with Gasteiger partial charge in [-0.3, -0.25) is 4.99 Å². The molecule has 1 heterocycles. The van der Waals surface area contributed by atoms with Crippen LogP contribution in [0.2, 0.25) is 0 Å². The molecule has 1 radical (unpaired) electrons. The molecule has 0 saturated carbocycles. The molecule has 0 saturated heterocycles. The van der Waals surface area contributed by atoms with Crippen LogP contribution in [0.15, 0.2) is 53.5 Å². The first kappa shape index (κ1) is 10.0. The molecule has 0 aromatic heterocycles. The van der Waals surface area contributed by atoms with Crippen molar-refractivity contribution in [1.29, 1.82) is 0 Å². The normalized spacial score (nSPS) is 17.4. The molecule has 0 fully saturated rings. The van der Waals surface area contributed by atoms with Crippen LogP contribution in [0.1, 0.15) is 17.2 Å². The van der Waals surface area contributed by atoms with Gasteiger partial charge < -0.3 is 5.32 Å². The largest absolute Gasteiger partial charge is 0.337 e. The molecule has 0 bridgehead atoms. The molecule has 1 N–H and O–H groups in total. The number of hydrogen-bond donors (Lipinski definition) is 1. The molecule has 0 amide bonds. The van der Waals surface area contributed by atoms with E-state index < -0.39 is 0 Å². The van der Waals surface area contributed by atoms with Crippen LogP contribution in [0.4, 0.5) is 10.1 Å². The maximum absolute atomic E-state index is 13.8. The zero-order valence-corrected chi connectivity index (χ0v) is 9.02. The molecule has 83 valence electrons. The molecule has 3 heteroatoms. The van der Waals surface area contributed by atoms with Crippen LogP contribution in [-0.4, -0.2) is 6.34 Å². The fraction of sp³-hybridized carbons (Fsp3) is 0.0714. The van der Waals surface area contributed by atoms with Crippen molar-refractivity contribution in [3.63, 3.8) is 0 Å². The summed E-state index contributed by atoms with van der Waals surface area (Å²) in [5, 5.41) is 2.94. The predicted octanol–water partition coefficient (Wildman–Crippen LogP) is 3.25. The molecule has 1 aliphatic rings. The maximum Gasteiger partial charge on any atom is 0.169 e. The molecule has 2 nitrogen and oxygen atoms in total. The van der Waals surface area contributed by atoms with Gasteiger partial charge in [-0.15, -0.1) is 0 Å². The number of nitrogens with one attached hydrogen (secondary N) is 1. The van der Waals surface area contributed by atoms with Crippen LogP contribution in [0.3, 0.4) is 0 Å². The van der Waals surface area contributed by atoms with Crippen molar-refractivity contribution >= 4 is 12.0 Å². The Balaban J connectivity index is 2.13. The Bertz CT molecular complexity index is 578. The summed E-state index contributed by atoms with van der Waals surface area (Å²) in [7, 11) is 0. The first-order valence-electron chi connectivity index (χ1n) is 5.40. The molecular weight excluding hydrogens is 215 g/mol. The third kappa shape index (κ3) is 1.69. The van der Waals surface area contributed by atoms with E-state index in [0.29, 0.717) is 5.56 Å². The Hall–Kier alpha value is -2.16. The molecule has 2 aromatic rings. The first-order chi connectivity index (χ1) is 8.36. The first-order valence-corrected chi connectivity index (χ1v) is 5.40. The van der Waals surface area contributed by atoms with Crippen molar-refractivity contribution in [3.8, 4) is 0 Å². The van der Waals surface area contributed by atoms with Crippen molar-refractivity contribution in [2.75, 3.05) is 5.32 Å². The van der Waals surface area contributed by atoms with Crippen molar-refractivity contribution in [2.24, 2.45) is 4.99 Å². The van der Waals surface area contributed by atoms with Gasteiger partial charge in [0, 0.05) is 16.8 Å². The monoisotopic (exact) mass is 225 g/mol. The number of hydrogen-bond acceptors (Lipinski definition) is 2. The molecule has 0 aliphatic carbocycles. The molecular formula is C14H10FN2. The number of aliphatic imine (C=N–C) groups is 1. The van der Waals surface area contributed by atoms with Crippen LogP contribution in [0.25, 0.3) is 0 Å². The van der Waals surface area contributed by atoms with E-state index in [2.05, 4.69) is 16.6 Å². The highest BCUT2D eigenvalue weighted by molar-refractivity contribution is 5.81. The zero-order chi connectivity index (χ0) is 11.7. The van der Waals surface area contributed by atoms with E-state index in [4.69, 9.17) is 0 Å². The summed E-state index contributed by atoms with van der Waals surface area (Å²) in [5.41, 5.74) is 2.47. The summed E-state index contributed by atoms with van der Waals surface area (Å²) >= 11 is 0. The molecule has 3 rings (SSSR count). The van der Waals surface area contributed by atoms with Crippen molar-refractivity contribution < 1.29 is 4.39 Å². The van der Waals surface area contributed by atoms with Gasteiger partial charge in [-0.2, -0.15) is 0 Å². The van der Waals surface area contributed by atoms with E-state index >= 15 is 0 Å². The minimum atomic E-state index is -0.311. The van der Waals surface area contributed by atoms with Gasteiger partial charge in [0.1, 0.15) is 11.9 Å². The van der Waals surface area contributed by atoms with E-state index in [0.717, 1.165) is 11.3 Å². The molecule has 1 unspecified atom stereocenters. The molecule has 0 spiro atoms. The number of halogens is 1. The van der Waals surface area contributed by atoms with E-state index in [9.17, 15) is 4.39 Å². The van der Waals surface area contributed by atoms with Crippen LogP contribution >= 0.6 is 0 Å². The van der Waals surface area contributed by atoms with Gasteiger partial charge in [-0.25, -0.2) is 4.39 Å². The van der Waals surface area contributed by atoms with E-state index in [1.165, 1.54) is 6.07 Å². The van der Waals surface area contributed by atoms with Crippen LogP contribution < -0.4 is 5.32 Å². The highest BCUT2D eigenvalue weighted by Gasteiger charge is 2.21. The summed E-state index contributed by atoms with van der Waals surface area (Å²) < 4.78 is 13.8. The van der Waals surface area contributed by atoms with Crippen LogP contribution in [0.5, 0.6) is 0 Å². The highest BCUT2D eigenvalue weighted by Crippen LogP contribution is 2.34. The van der Waals surface area contributed by atoms with Gasteiger partial charge in [0.2, 0.25) is 0 Å². The molecule has 2 aromatic carbocycles. The maximum atomic E-state index is 13.8. The van der Waals surface area contributed by atoms with E-state index in [1.807, 2.05) is 30.3 Å². The fourth-order valence-corrected chi connectivity index (χ4v) is 2.01. The number of anilines is 1. The second kappa shape index (κ2) is 4.01. The molecule has 1 atom stereocenters. The van der Waals surface area contributed by atoms with Gasteiger partial charge in [-0.05, 0) is 12.1 Å². The Morgan fingerprint density at radius 2 is 1.71 bits per heavy atom. The second-order valence-corrected chi connectivity index (χ2v) is 3.88. The fourth-order valence-electron chi connectivity index (χ4n) is 2.01. The summed E-state index contributed by atoms with van der Waals surface area (Å²) in [6.45, 7) is 0. The van der Waals surface area contributed by atoms with Crippen molar-refractivity contribution in [1.82, 2.24) is 0 Å². The molecule has 1 aliphatic heterocycles. The highest BCUT2D eigenvalue weighted by atomic mass is 19.1. The average molecular weight is 225 g/mol. The lowest BCUT2D eigenvalue weighted by Gasteiger charge is -2.20. The van der Waals surface area contributed by atoms with E-state index in [1.54, 1.807) is 12.1 Å². The van der Waals surface area contributed by atoms with Crippen LogP contribution in [0, 0.1) is 5.82 Å². The lowest BCUT2D eigenvalue weighted by molar-refractivity contribution is 0.600. The zero-order valence-electron chi connectivity index (χ0n) is 9.02. The lowest BCUT2D eigenvalue weighted by Crippen LogP contribution is -2.12. The van der Waals surface area contributed by atoms with Gasteiger partial charge in [-0.1, -0.05) is 36.4 Å². The van der Waals surface area contributed by atoms with Gasteiger partial charge in [0.05, 0.1) is 0 Å². The van der Waals surface area contributed by atoms with Gasteiger partial charge in [0.15, 0.2) is 6.34 Å². The standard InChI is InChI=1S/C14H10FN2/c15-12-7-3-1-5-10(12)14-11-6-2-4-8-13(11)16-9-17-14/h1-8,14H,(H,16,17). The van der Waals surface area contributed by atoms with E-state index in [-0.39, 0.29) is 11.9 Å². The molecule has 17 heavy (non-hydrogen) atoms. The summed E-state index contributed by atoms with van der Waals surface area (Å²) in [6, 6.07) is 14.1. The van der Waals surface area contributed by atoms with Gasteiger partial charge in [0.25, 0.3) is 0 Å². The predicted molar refractivity (Wildman–Crippen MR) is 65.7 cm³/mol. The average Bonchev–Trinajstić information content (AvgIpc) is 2.39. The SMILES string of the molecule is Fc1ccccc1C1N=[C]Nc2ccccc21. The lowest BCUT2D eigenvalue weighted by atomic mass is 9.96. The summed E-state index contributed by atoms with van der Waals surface area (Å²) in [4.78, 5) is 4.20. The minimum Gasteiger partial charge on any atom is -0.337 e. The Labute approximate surface area is 98.8 Å². The summed E-state index contributed by atoms with van der Waals surface area (Å²) in [5.74, 6) is -0.236. The van der Waals surface area contributed by atoms with Crippen LogP contribution in [-0.2, 0) is 0 Å². The Morgan fingerprint density at radius 1 is 1.00 bits per heavy atom. The number of para-hydroxylation sites is 1. The number of benzene rings is 2. The quantitative estimate of drug-likeness (QED) is 0.791. The Morgan fingerprint density at radius 3 is 2.53 bits per heavy atom. The minimum absolute atomic E-state index is 0.236.